The van der Waals surface area contributed by atoms with E-state index in [0.717, 1.165) is 39.0 Å². The number of nitrogens with zero attached hydrogens (tertiary/aromatic N) is 3. The Morgan fingerprint density at radius 3 is 2.05 bits per heavy atom. The lowest BCUT2D eigenvalue weighted by atomic mass is 9.81. The molecule has 7 aromatic rings. The van der Waals surface area contributed by atoms with E-state index in [1.54, 1.807) is 0 Å². The van der Waals surface area contributed by atoms with Crippen LogP contribution in [0.5, 0.6) is 0 Å². The van der Waals surface area contributed by atoms with Gasteiger partial charge in [0.1, 0.15) is 0 Å². The van der Waals surface area contributed by atoms with Crippen molar-refractivity contribution in [2.24, 2.45) is 0 Å². The molecule has 0 amide bonds. The highest BCUT2D eigenvalue weighted by atomic mass is 14.9. The highest BCUT2D eigenvalue weighted by Gasteiger charge is 2.37. The minimum Gasteiger partial charge on any atom is -0.256 e. The fourth-order valence-electron chi connectivity index (χ4n) is 6.35. The molecule has 3 heteroatoms. The predicted octanol–water partition coefficient (Wildman–Crippen LogP) is 9.49. The molecule has 1 aliphatic carbocycles. The van der Waals surface area contributed by atoms with E-state index >= 15 is 0 Å². The summed E-state index contributed by atoms with van der Waals surface area (Å²) in [5, 5.41) is 3.61. The summed E-state index contributed by atoms with van der Waals surface area (Å²) in [5.41, 5.74) is 10.9. The van der Waals surface area contributed by atoms with Gasteiger partial charge in [0.05, 0.1) is 16.9 Å². The van der Waals surface area contributed by atoms with Crippen LogP contribution in [0.25, 0.3) is 66.7 Å². The Bertz CT molecular complexity index is 2130. The molecule has 0 aliphatic heterocycles. The van der Waals surface area contributed by atoms with Crippen LogP contribution in [0, 0.1) is 0 Å². The van der Waals surface area contributed by atoms with Gasteiger partial charge < -0.3 is 0 Å². The Morgan fingerprint density at radius 2 is 1.22 bits per heavy atom. The van der Waals surface area contributed by atoms with E-state index in [4.69, 9.17) is 15.0 Å². The van der Waals surface area contributed by atoms with Gasteiger partial charge in [-0.05, 0) is 63.4 Å². The zero-order valence-electron chi connectivity index (χ0n) is 23.0. The first-order valence-electron chi connectivity index (χ1n) is 14.0. The molecule has 5 aromatic carbocycles. The van der Waals surface area contributed by atoms with E-state index in [-0.39, 0.29) is 5.41 Å². The largest absolute Gasteiger partial charge is 0.256 e. The van der Waals surface area contributed by atoms with Crippen LogP contribution in [-0.2, 0) is 5.41 Å². The summed E-state index contributed by atoms with van der Waals surface area (Å²) in [6, 6.07) is 42.7. The van der Waals surface area contributed by atoms with E-state index < -0.39 is 0 Å². The van der Waals surface area contributed by atoms with Crippen molar-refractivity contribution in [3.8, 4) is 45.0 Å². The van der Waals surface area contributed by atoms with Crippen molar-refractivity contribution in [1.29, 1.82) is 0 Å². The maximum Gasteiger partial charge on any atom is 0.160 e. The zero-order chi connectivity index (χ0) is 27.6. The van der Waals surface area contributed by atoms with Crippen LogP contribution < -0.4 is 0 Å². The summed E-state index contributed by atoms with van der Waals surface area (Å²) in [5.74, 6) is 0.708. The fourth-order valence-corrected chi connectivity index (χ4v) is 6.35. The van der Waals surface area contributed by atoms with Crippen LogP contribution in [0.4, 0.5) is 0 Å². The quantitative estimate of drug-likeness (QED) is 0.231. The number of para-hydroxylation sites is 1. The normalized spacial score (nSPS) is 13.3. The first-order chi connectivity index (χ1) is 20.1. The van der Waals surface area contributed by atoms with E-state index in [1.165, 1.54) is 33.0 Å². The SMILES string of the molecule is CC1(C)c2cc3ccccc3cc2-c2c(-c3cc(-c4cnc5ccccc5c4)nc(-c4ccccc4)n3)cccc21. The maximum absolute atomic E-state index is 5.19. The Hall–Kier alpha value is -5.15. The summed E-state index contributed by atoms with van der Waals surface area (Å²) in [6.07, 6.45) is 1.92. The van der Waals surface area contributed by atoms with Gasteiger partial charge in [0.15, 0.2) is 5.82 Å². The second-order valence-electron chi connectivity index (χ2n) is 11.3. The Balaban J connectivity index is 1.39. The van der Waals surface area contributed by atoms with Gasteiger partial charge in [-0.1, -0.05) is 105 Å². The van der Waals surface area contributed by atoms with E-state index in [2.05, 4.69) is 98.8 Å². The molecule has 0 saturated carbocycles. The lowest BCUT2D eigenvalue weighted by Crippen LogP contribution is -2.14. The number of hydrogen-bond donors (Lipinski definition) is 0. The van der Waals surface area contributed by atoms with Gasteiger partial charge in [-0.25, -0.2) is 9.97 Å². The Labute approximate surface area is 239 Å². The van der Waals surface area contributed by atoms with Crippen LogP contribution in [0.1, 0.15) is 25.0 Å². The number of aromatic nitrogens is 3. The van der Waals surface area contributed by atoms with Gasteiger partial charge in [0.25, 0.3) is 0 Å². The number of rotatable bonds is 3. The summed E-state index contributed by atoms with van der Waals surface area (Å²) in [4.78, 5) is 15.0. The first kappa shape index (κ1) is 23.7. The Kier molecular flexibility index (Phi) is 5.17. The second kappa shape index (κ2) is 8.94. The standard InChI is InChI=1S/C38H27N3/c1-38(2)31-17-10-16-29(36(31)30-20-25-13-6-7-14-26(25)21-32(30)38)35-22-34(40-37(41-35)24-11-4-3-5-12-24)28-19-27-15-8-9-18-33(27)39-23-28/h3-23H,1-2H3. The van der Waals surface area contributed by atoms with Crippen LogP contribution in [-0.4, -0.2) is 15.0 Å². The average molecular weight is 526 g/mol. The van der Waals surface area contributed by atoms with Crippen molar-refractivity contribution in [1.82, 2.24) is 15.0 Å². The molecule has 0 bridgehead atoms. The minimum absolute atomic E-state index is 0.120. The van der Waals surface area contributed by atoms with Gasteiger partial charge in [-0.15, -0.1) is 0 Å². The van der Waals surface area contributed by atoms with Gasteiger partial charge in [0, 0.05) is 33.7 Å². The van der Waals surface area contributed by atoms with Crippen LogP contribution in [0.15, 0.2) is 128 Å². The summed E-state index contributed by atoms with van der Waals surface area (Å²) < 4.78 is 0. The lowest BCUT2D eigenvalue weighted by Gasteiger charge is -2.22. The average Bonchev–Trinajstić information content (AvgIpc) is 3.25. The van der Waals surface area contributed by atoms with Crippen LogP contribution in [0.2, 0.25) is 0 Å². The minimum atomic E-state index is -0.120. The van der Waals surface area contributed by atoms with Crippen molar-refractivity contribution in [2.75, 3.05) is 0 Å². The molecule has 0 unspecified atom stereocenters. The molecule has 2 heterocycles. The molecule has 1 aliphatic rings. The molecular formula is C38H27N3. The van der Waals surface area contributed by atoms with Crippen LogP contribution in [0.3, 0.4) is 0 Å². The smallest absolute Gasteiger partial charge is 0.160 e. The molecule has 0 fully saturated rings. The number of benzene rings is 5. The second-order valence-corrected chi connectivity index (χ2v) is 11.3. The van der Waals surface area contributed by atoms with Crippen molar-refractivity contribution < 1.29 is 0 Å². The van der Waals surface area contributed by atoms with Crippen molar-refractivity contribution in [2.45, 2.75) is 19.3 Å². The van der Waals surface area contributed by atoms with Crippen molar-refractivity contribution >= 4 is 21.7 Å². The zero-order valence-corrected chi connectivity index (χ0v) is 23.0. The molecule has 0 spiro atoms. The third kappa shape index (κ3) is 3.77. The van der Waals surface area contributed by atoms with Crippen molar-refractivity contribution in [3.63, 3.8) is 0 Å². The molecule has 3 nitrogen and oxygen atoms in total. The molecule has 194 valence electrons. The van der Waals surface area contributed by atoms with Gasteiger partial charge in [-0.3, -0.25) is 4.98 Å². The molecule has 41 heavy (non-hydrogen) atoms. The molecule has 0 saturated heterocycles. The number of fused-ring (bicyclic) bond motifs is 5. The summed E-state index contributed by atoms with van der Waals surface area (Å²) in [6.45, 7) is 4.66. The highest BCUT2D eigenvalue weighted by molar-refractivity contribution is 5.98. The third-order valence-electron chi connectivity index (χ3n) is 8.49. The van der Waals surface area contributed by atoms with E-state index in [0.29, 0.717) is 5.82 Å². The van der Waals surface area contributed by atoms with E-state index in [9.17, 15) is 0 Å². The molecule has 2 aromatic heterocycles. The third-order valence-corrected chi connectivity index (χ3v) is 8.49. The topological polar surface area (TPSA) is 38.7 Å². The molecular weight excluding hydrogens is 498 g/mol. The maximum atomic E-state index is 5.19. The van der Waals surface area contributed by atoms with E-state index in [1.807, 2.05) is 42.6 Å². The Morgan fingerprint density at radius 1 is 0.512 bits per heavy atom. The highest BCUT2D eigenvalue weighted by Crippen LogP contribution is 2.53. The monoisotopic (exact) mass is 525 g/mol. The lowest BCUT2D eigenvalue weighted by molar-refractivity contribution is 0.661. The number of hydrogen-bond acceptors (Lipinski definition) is 3. The van der Waals surface area contributed by atoms with Gasteiger partial charge in [0.2, 0.25) is 0 Å². The van der Waals surface area contributed by atoms with Crippen molar-refractivity contribution in [3.05, 3.63) is 139 Å². The number of pyridine rings is 1. The molecule has 8 rings (SSSR count). The summed E-state index contributed by atoms with van der Waals surface area (Å²) >= 11 is 0. The fraction of sp³-hybridized carbons (Fsp3) is 0.0789. The molecule has 0 radical (unpaired) electrons. The van der Waals surface area contributed by atoms with Crippen LogP contribution >= 0.6 is 0 Å². The van der Waals surface area contributed by atoms with Gasteiger partial charge in [-0.2, -0.15) is 0 Å². The predicted molar refractivity (Wildman–Crippen MR) is 169 cm³/mol. The molecule has 0 atom stereocenters. The van der Waals surface area contributed by atoms with Gasteiger partial charge >= 0.3 is 0 Å². The summed E-state index contributed by atoms with van der Waals surface area (Å²) in [7, 11) is 0. The molecule has 0 N–H and O–H groups in total. The first-order valence-corrected chi connectivity index (χ1v) is 14.0.